The van der Waals surface area contributed by atoms with Crippen LogP contribution in [0.2, 0.25) is 0 Å². The summed E-state index contributed by atoms with van der Waals surface area (Å²) >= 11 is 0. The number of benzene rings is 1. The first kappa shape index (κ1) is 25.3. The summed E-state index contributed by atoms with van der Waals surface area (Å²) in [6.45, 7) is 11.1. The van der Waals surface area contributed by atoms with Crippen molar-refractivity contribution in [3.8, 4) is 11.4 Å². The van der Waals surface area contributed by atoms with Crippen molar-refractivity contribution in [1.29, 1.82) is 0 Å². The van der Waals surface area contributed by atoms with Crippen LogP contribution in [0.4, 0.5) is 5.69 Å². The minimum Gasteiger partial charge on any atom is -0.382 e. The molecule has 1 aromatic carbocycles. The number of hydrogen-bond acceptors (Lipinski definition) is 6. The fourth-order valence-electron chi connectivity index (χ4n) is 4.35. The highest BCUT2D eigenvalue weighted by Crippen LogP contribution is 2.27. The minimum absolute atomic E-state index is 0.0556. The van der Waals surface area contributed by atoms with Gasteiger partial charge in [0, 0.05) is 49.9 Å². The second kappa shape index (κ2) is 10.9. The molecule has 1 amide bonds. The molecule has 4 aromatic rings. The fraction of sp³-hybridized carbons (Fsp3) is 0.357. The molecular formula is C28H35N7O. The van der Waals surface area contributed by atoms with E-state index in [1.165, 1.54) is 0 Å². The van der Waals surface area contributed by atoms with Gasteiger partial charge in [0.05, 0.1) is 40.0 Å². The quantitative estimate of drug-likeness (QED) is 0.343. The summed E-state index contributed by atoms with van der Waals surface area (Å²) in [4.78, 5) is 25.2. The Morgan fingerprint density at radius 1 is 1.03 bits per heavy atom. The van der Waals surface area contributed by atoms with Crippen LogP contribution in [0.15, 0.2) is 42.6 Å². The lowest BCUT2D eigenvalue weighted by Gasteiger charge is -2.19. The Bertz CT molecular complexity index is 1390. The highest BCUT2D eigenvalue weighted by atomic mass is 16.2. The molecule has 2 N–H and O–H groups in total. The van der Waals surface area contributed by atoms with Crippen molar-refractivity contribution >= 4 is 22.5 Å². The van der Waals surface area contributed by atoms with Gasteiger partial charge in [-0.3, -0.25) is 9.48 Å². The smallest absolute Gasteiger partial charge is 0.254 e. The third-order valence-electron chi connectivity index (χ3n) is 6.49. The van der Waals surface area contributed by atoms with E-state index in [4.69, 9.17) is 9.97 Å². The molecule has 0 radical (unpaired) electrons. The molecule has 4 rings (SSSR count). The topological polar surface area (TPSA) is 88.0 Å². The zero-order valence-electron chi connectivity index (χ0n) is 22.0. The first-order valence-corrected chi connectivity index (χ1v) is 12.4. The molecule has 0 aliphatic carbocycles. The molecular weight excluding hydrogens is 450 g/mol. The van der Waals surface area contributed by atoms with Crippen LogP contribution in [0.1, 0.15) is 39.8 Å². The molecule has 0 bridgehead atoms. The summed E-state index contributed by atoms with van der Waals surface area (Å²) in [5, 5.41) is 11.8. The zero-order chi connectivity index (χ0) is 25.8. The normalized spacial score (nSPS) is 11.2. The van der Waals surface area contributed by atoms with Crippen LogP contribution in [-0.2, 0) is 13.1 Å². The number of nitrogens with one attached hydrogen (secondary N) is 2. The van der Waals surface area contributed by atoms with Crippen LogP contribution in [-0.4, -0.2) is 57.7 Å². The van der Waals surface area contributed by atoms with Crippen molar-refractivity contribution in [2.24, 2.45) is 0 Å². The van der Waals surface area contributed by atoms with Gasteiger partial charge in [0.25, 0.3) is 5.91 Å². The third-order valence-corrected chi connectivity index (χ3v) is 6.49. The van der Waals surface area contributed by atoms with Crippen molar-refractivity contribution in [3.05, 3.63) is 70.7 Å². The van der Waals surface area contributed by atoms with Gasteiger partial charge in [0.2, 0.25) is 0 Å². The lowest BCUT2D eigenvalue weighted by Crippen LogP contribution is -2.27. The van der Waals surface area contributed by atoms with Gasteiger partial charge in [0.15, 0.2) is 0 Å². The van der Waals surface area contributed by atoms with Crippen LogP contribution in [0.3, 0.4) is 0 Å². The number of rotatable bonds is 9. The lowest BCUT2D eigenvalue weighted by atomic mass is 10.0. The summed E-state index contributed by atoms with van der Waals surface area (Å²) in [5.41, 5.74) is 7.91. The van der Waals surface area contributed by atoms with Crippen LogP contribution in [0.5, 0.6) is 0 Å². The van der Waals surface area contributed by atoms with E-state index in [1.54, 1.807) is 4.90 Å². The van der Waals surface area contributed by atoms with E-state index < -0.39 is 0 Å². The number of anilines is 1. The van der Waals surface area contributed by atoms with Crippen molar-refractivity contribution in [2.75, 3.05) is 32.5 Å². The molecule has 0 saturated heterocycles. The molecule has 0 saturated carbocycles. The number of aromatic nitrogens is 4. The average molecular weight is 486 g/mol. The van der Waals surface area contributed by atoms with Crippen molar-refractivity contribution in [1.82, 2.24) is 30.0 Å². The highest BCUT2D eigenvalue weighted by Gasteiger charge is 2.20. The lowest BCUT2D eigenvalue weighted by molar-refractivity contribution is 0.0787. The van der Waals surface area contributed by atoms with Gasteiger partial charge >= 0.3 is 0 Å². The number of fused-ring (bicyclic) bond motifs is 1. The molecule has 3 heterocycles. The summed E-state index contributed by atoms with van der Waals surface area (Å²) < 4.78 is 1.95. The first-order valence-electron chi connectivity index (χ1n) is 12.4. The zero-order valence-corrected chi connectivity index (χ0v) is 22.0. The molecule has 0 spiro atoms. The second-order valence-corrected chi connectivity index (χ2v) is 9.17. The van der Waals surface area contributed by atoms with Crippen molar-refractivity contribution in [2.45, 2.75) is 40.8 Å². The number of hydrogen-bond donors (Lipinski definition) is 2. The Labute approximate surface area is 212 Å². The monoisotopic (exact) mass is 485 g/mol. The molecule has 0 unspecified atom stereocenters. The van der Waals surface area contributed by atoms with Crippen molar-refractivity contribution in [3.63, 3.8) is 0 Å². The molecule has 0 aliphatic heterocycles. The number of carbonyl (C=O) groups is 1. The standard InChI is InChI=1S/C28H35N7O/c1-7-35-20(4)21(16-31-35)17-34(6)28(36)23-15-27(33-25-9-8-18(2)14-22(23)25)26-11-10-24(19(3)32-26)30-13-12-29-5/h8-11,14-16,29-30H,7,12-13,17H2,1-6H3. The Morgan fingerprint density at radius 2 is 1.83 bits per heavy atom. The summed E-state index contributed by atoms with van der Waals surface area (Å²) in [5.74, 6) is -0.0556. The summed E-state index contributed by atoms with van der Waals surface area (Å²) in [7, 11) is 3.76. The predicted octanol–water partition coefficient (Wildman–Crippen LogP) is 4.34. The van der Waals surface area contributed by atoms with Crippen LogP contribution >= 0.6 is 0 Å². The summed E-state index contributed by atoms with van der Waals surface area (Å²) in [6, 6.07) is 11.9. The van der Waals surface area contributed by atoms with Crippen LogP contribution < -0.4 is 10.6 Å². The van der Waals surface area contributed by atoms with Crippen LogP contribution in [0, 0.1) is 20.8 Å². The average Bonchev–Trinajstić information content (AvgIpc) is 3.22. The number of nitrogens with zero attached hydrogens (tertiary/aromatic N) is 5. The number of amides is 1. The van der Waals surface area contributed by atoms with Gasteiger partial charge in [-0.1, -0.05) is 11.6 Å². The molecule has 188 valence electrons. The maximum absolute atomic E-state index is 13.7. The van der Waals surface area contributed by atoms with Gasteiger partial charge in [-0.15, -0.1) is 0 Å². The number of aryl methyl sites for hydroxylation is 3. The molecule has 0 aliphatic rings. The van der Waals surface area contributed by atoms with Gasteiger partial charge in [0.1, 0.15) is 0 Å². The Kier molecular flexibility index (Phi) is 7.64. The van der Waals surface area contributed by atoms with Gasteiger partial charge in [-0.05, 0) is 65.1 Å². The third kappa shape index (κ3) is 5.23. The van der Waals surface area contributed by atoms with Gasteiger partial charge in [-0.25, -0.2) is 9.97 Å². The molecule has 0 fully saturated rings. The maximum Gasteiger partial charge on any atom is 0.254 e. The Hall–Kier alpha value is -3.78. The van der Waals surface area contributed by atoms with E-state index in [2.05, 4.69) is 22.7 Å². The molecule has 36 heavy (non-hydrogen) atoms. The minimum atomic E-state index is -0.0556. The predicted molar refractivity (Wildman–Crippen MR) is 145 cm³/mol. The van der Waals surface area contributed by atoms with Crippen LogP contribution in [0.25, 0.3) is 22.3 Å². The largest absolute Gasteiger partial charge is 0.382 e. The van der Waals surface area contributed by atoms with E-state index in [0.717, 1.165) is 64.4 Å². The number of carbonyl (C=O) groups excluding carboxylic acids is 1. The maximum atomic E-state index is 13.7. The molecule has 0 atom stereocenters. The van der Waals surface area contributed by atoms with E-state index in [0.29, 0.717) is 17.8 Å². The fourth-order valence-corrected chi connectivity index (χ4v) is 4.35. The molecule has 8 nitrogen and oxygen atoms in total. The Balaban J connectivity index is 1.71. The van der Waals surface area contributed by atoms with E-state index in [9.17, 15) is 4.79 Å². The summed E-state index contributed by atoms with van der Waals surface area (Å²) in [6.07, 6.45) is 1.85. The van der Waals surface area contributed by atoms with Gasteiger partial charge < -0.3 is 15.5 Å². The highest BCUT2D eigenvalue weighted by molar-refractivity contribution is 6.07. The molecule has 8 heteroatoms. The second-order valence-electron chi connectivity index (χ2n) is 9.17. The number of pyridine rings is 2. The number of likely N-dealkylation sites (N-methyl/N-ethyl adjacent to an activating group) is 1. The van der Waals surface area contributed by atoms with E-state index in [1.807, 2.05) is 82.1 Å². The van der Waals surface area contributed by atoms with Gasteiger partial charge in [-0.2, -0.15) is 5.10 Å². The van der Waals surface area contributed by atoms with E-state index in [-0.39, 0.29) is 5.91 Å². The SMILES string of the molecule is CCn1ncc(CN(C)C(=O)c2cc(-c3ccc(NCCNC)c(C)n3)nc3ccc(C)cc23)c1C. The molecule has 3 aromatic heterocycles. The van der Waals surface area contributed by atoms with E-state index >= 15 is 0 Å². The first-order chi connectivity index (χ1) is 17.3. The Morgan fingerprint density at radius 3 is 2.53 bits per heavy atom. The van der Waals surface area contributed by atoms with Crippen molar-refractivity contribution < 1.29 is 4.79 Å².